The highest BCUT2D eigenvalue weighted by Gasteiger charge is 2.21. The molecule has 4 rings (SSSR count). The van der Waals surface area contributed by atoms with Gasteiger partial charge in [0.05, 0.1) is 11.8 Å². The van der Waals surface area contributed by atoms with Crippen LogP contribution in [0.3, 0.4) is 0 Å². The van der Waals surface area contributed by atoms with Gasteiger partial charge in [0.2, 0.25) is 0 Å². The summed E-state index contributed by atoms with van der Waals surface area (Å²) in [6.45, 7) is 3.08. The molecule has 0 bridgehead atoms. The number of aromatic nitrogens is 2. The molecule has 10 nitrogen and oxygen atoms in total. The number of nitrogen functional groups attached to an aromatic ring is 1. The molecule has 0 atom stereocenters. The van der Waals surface area contributed by atoms with E-state index in [9.17, 15) is 13.6 Å². The Morgan fingerprint density at radius 2 is 1.81 bits per heavy atom. The summed E-state index contributed by atoms with van der Waals surface area (Å²) in [7, 11) is 6.10. The maximum atomic E-state index is 13.5. The number of hydrogen-bond acceptors (Lipinski definition) is 9. The van der Waals surface area contributed by atoms with E-state index in [1.165, 1.54) is 6.20 Å². The third kappa shape index (κ3) is 8.94. The van der Waals surface area contributed by atoms with Crippen LogP contribution in [-0.2, 0) is 4.74 Å². The molecule has 3 aromatic rings. The average molecular weight is 591 g/mol. The molecule has 1 amide bonds. The Hall–Kier alpha value is -4.60. The zero-order valence-electron chi connectivity index (χ0n) is 24.5. The van der Waals surface area contributed by atoms with Gasteiger partial charge in [-0.2, -0.15) is 0 Å². The SMILES string of the molecule is CN(C)CCCN(C)c1ccc(C(=O)NC(=N)c2nc(C#Cc3cc(F)cc(F)c3)cnc2N)c(NC2CCOCC2)c1. The van der Waals surface area contributed by atoms with Crippen LogP contribution in [0, 0.1) is 28.9 Å². The van der Waals surface area contributed by atoms with Crippen LogP contribution in [0.1, 0.15) is 46.6 Å². The number of rotatable bonds is 9. The van der Waals surface area contributed by atoms with E-state index in [0.717, 1.165) is 56.2 Å². The summed E-state index contributed by atoms with van der Waals surface area (Å²) in [5.74, 6) is 2.81. The van der Waals surface area contributed by atoms with Crippen LogP contribution in [0.15, 0.2) is 42.6 Å². The minimum Gasteiger partial charge on any atom is -0.382 e. The summed E-state index contributed by atoms with van der Waals surface area (Å²) in [6.07, 6.45) is 3.88. The number of hydrogen-bond donors (Lipinski definition) is 4. The summed E-state index contributed by atoms with van der Waals surface area (Å²) in [6, 6.07) is 8.62. The summed E-state index contributed by atoms with van der Waals surface area (Å²) in [4.78, 5) is 26.0. The number of benzene rings is 2. The van der Waals surface area contributed by atoms with Gasteiger partial charge >= 0.3 is 0 Å². The van der Waals surface area contributed by atoms with Crippen molar-refractivity contribution in [3.05, 3.63) is 76.7 Å². The number of carbonyl (C=O) groups excluding carboxylic acids is 1. The van der Waals surface area contributed by atoms with E-state index in [4.69, 9.17) is 15.9 Å². The van der Waals surface area contributed by atoms with E-state index in [-0.39, 0.29) is 34.6 Å². The first kappa shape index (κ1) is 31.3. The molecule has 0 radical (unpaired) electrons. The maximum absolute atomic E-state index is 13.5. The van der Waals surface area contributed by atoms with Crippen LogP contribution in [0.4, 0.5) is 26.0 Å². The fourth-order valence-corrected chi connectivity index (χ4v) is 4.55. The number of ether oxygens (including phenoxy) is 1. The van der Waals surface area contributed by atoms with E-state index in [1.54, 1.807) is 6.07 Å². The van der Waals surface area contributed by atoms with Crippen LogP contribution in [0.5, 0.6) is 0 Å². The zero-order chi connectivity index (χ0) is 30.9. The monoisotopic (exact) mass is 590 g/mol. The molecule has 0 spiro atoms. The third-order valence-corrected chi connectivity index (χ3v) is 6.84. The number of amides is 1. The van der Waals surface area contributed by atoms with Gasteiger partial charge < -0.3 is 30.9 Å². The molecular weight excluding hydrogens is 554 g/mol. The molecule has 0 saturated carbocycles. The molecule has 1 aliphatic rings. The highest BCUT2D eigenvalue weighted by Crippen LogP contribution is 2.26. The lowest BCUT2D eigenvalue weighted by Crippen LogP contribution is -2.34. The molecule has 2 heterocycles. The van der Waals surface area contributed by atoms with Gasteiger partial charge in [-0.3, -0.25) is 10.2 Å². The lowest BCUT2D eigenvalue weighted by molar-refractivity contribution is 0.0904. The Labute approximate surface area is 250 Å². The second kappa shape index (κ2) is 14.5. The maximum Gasteiger partial charge on any atom is 0.258 e. The van der Waals surface area contributed by atoms with Gasteiger partial charge in [-0.15, -0.1) is 0 Å². The van der Waals surface area contributed by atoms with Crippen molar-refractivity contribution in [1.29, 1.82) is 5.41 Å². The molecule has 43 heavy (non-hydrogen) atoms. The van der Waals surface area contributed by atoms with Crippen LogP contribution >= 0.6 is 0 Å². The smallest absolute Gasteiger partial charge is 0.258 e. The van der Waals surface area contributed by atoms with Gasteiger partial charge in [0.1, 0.15) is 23.0 Å². The summed E-state index contributed by atoms with van der Waals surface area (Å²) >= 11 is 0. The first-order chi connectivity index (χ1) is 20.6. The van der Waals surface area contributed by atoms with Gasteiger partial charge in [0, 0.05) is 55.9 Å². The highest BCUT2D eigenvalue weighted by molar-refractivity contribution is 6.14. The zero-order valence-corrected chi connectivity index (χ0v) is 24.5. The van der Waals surface area contributed by atoms with E-state index >= 15 is 0 Å². The van der Waals surface area contributed by atoms with Crippen molar-refractivity contribution in [3.63, 3.8) is 0 Å². The number of nitrogens with one attached hydrogen (secondary N) is 3. The second-order valence-corrected chi connectivity index (χ2v) is 10.6. The molecule has 5 N–H and O–H groups in total. The van der Waals surface area contributed by atoms with Gasteiger partial charge in [-0.25, -0.2) is 18.7 Å². The normalized spacial score (nSPS) is 13.3. The summed E-state index contributed by atoms with van der Waals surface area (Å²) in [5, 5.41) is 14.6. The quantitative estimate of drug-likeness (QED) is 0.169. The predicted octanol–water partition coefficient (Wildman–Crippen LogP) is 3.47. The van der Waals surface area contributed by atoms with Crippen LogP contribution in [-0.4, -0.2) is 80.1 Å². The van der Waals surface area contributed by atoms with Crippen LogP contribution in [0.2, 0.25) is 0 Å². The molecule has 226 valence electrons. The Bertz CT molecular complexity index is 1510. The first-order valence-electron chi connectivity index (χ1n) is 13.9. The second-order valence-electron chi connectivity index (χ2n) is 10.6. The molecule has 12 heteroatoms. The average Bonchev–Trinajstić information content (AvgIpc) is 2.96. The van der Waals surface area contributed by atoms with Crippen LogP contribution in [0.25, 0.3) is 0 Å². The van der Waals surface area contributed by atoms with Gasteiger partial charge in [0.15, 0.2) is 11.7 Å². The van der Waals surface area contributed by atoms with Crippen LogP contribution < -0.4 is 21.3 Å². The largest absolute Gasteiger partial charge is 0.382 e. The lowest BCUT2D eigenvalue weighted by Gasteiger charge is -2.27. The lowest BCUT2D eigenvalue weighted by atomic mass is 10.1. The Morgan fingerprint density at radius 1 is 1.09 bits per heavy atom. The first-order valence-corrected chi connectivity index (χ1v) is 13.9. The predicted molar refractivity (Wildman–Crippen MR) is 163 cm³/mol. The number of nitrogens with zero attached hydrogens (tertiary/aromatic N) is 4. The minimum absolute atomic E-state index is 0.0806. The molecule has 1 aromatic heterocycles. The van der Waals surface area contributed by atoms with Crippen molar-refractivity contribution in [3.8, 4) is 11.8 Å². The molecule has 1 aliphatic heterocycles. The van der Waals surface area contributed by atoms with Crippen molar-refractivity contribution in [2.75, 3.05) is 63.4 Å². The van der Waals surface area contributed by atoms with E-state index in [0.29, 0.717) is 24.5 Å². The number of amidine groups is 1. The van der Waals surface area contributed by atoms with Crippen molar-refractivity contribution >= 4 is 28.9 Å². The van der Waals surface area contributed by atoms with E-state index in [1.807, 2.05) is 33.3 Å². The highest BCUT2D eigenvalue weighted by atomic mass is 19.1. The molecule has 2 aromatic carbocycles. The molecule has 0 aliphatic carbocycles. The van der Waals surface area contributed by atoms with Crippen molar-refractivity contribution in [2.45, 2.75) is 25.3 Å². The molecule has 1 saturated heterocycles. The van der Waals surface area contributed by atoms with Crippen molar-refractivity contribution in [1.82, 2.24) is 20.2 Å². The number of halogens is 2. The van der Waals surface area contributed by atoms with Gasteiger partial charge in [-0.1, -0.05) is 5.92 Å². The number of carbonyl (C=O) groups is 1. The van der Waals surface area contributed by atoms with Crippen molar-refractivity contribution in [2.24, 2.45) is 0 Å². The fourth-order valence-electron chi connectivity index (χ4n) is 4.55. The molecule has 1 fully saturated rings. The Morgan fingerprint density at radius 3 is 2.51 bits per heavy atom. The Kier molecular flexibility index (Phi) is 10.6. The standard InChI is InChI=1S/C31H36F2N8O2/c1-40(2)11-4-12-41(3)25-7-8-26(27(18-25)37-23-9-13-43-14-10-23)31(42)39-30(35)28-29(34)36-19-24(38-28)6-5-20-15-21(32)17-22(33)16-20/h7-8,15-19,23,37H,4,9-14H2,1-3H3,(H2,34,36)(H2,35,39,42). The summed E-state index contributed by atoms with van der Waals surface area (Å²) in [5.41, 5.74) is 8.07. The van der Waals surface area contributed by atoms with Gasteiger partial charge in [0.25, 0.3) is 5.91 Å². The summed E-state index contributed by atoms with van der Waals surface area (Å²) < 4.78 is 32.5. The van der Waals surface area contributed by atoms with Gasteiger partial charge in [-0.05, 0) is 76.2 Å². The number of nitrogens with two attached hydrogens (primary N) is 1. The molecular formula is C31H36F2N8O2. The van der Waals surface area contributed by atoms with E-state index in [2.05, 4.69) is 42.2 Å². The third-order valence-electron chi connectivity index (χ3n) is 6.84. The molecule has 0 unspecified atom stereocenters. The fraction of sp³-hybridized carbons (Fsp3) is 0.355. The number of anilines is 3. The Balaban J connectivity index is 1.54. The minimum atomic E-state index is -0.757. The van der Waals surface area contributed by atoms with E-state index < -0.39 is 17.5 Å². The van der Waals surface area contributed by atoms with Crippen molar-refractivity contribution < 1.29 is 18.3 Å². The topological polar surface area (TPSA) is 132 Å².